The van der Waals surface area contributed by atoms with Gasteiger partial charge in [0.25, 0.3) is 11.8 Å². The standard InChI is InChI=1S/C23H28N2O3/c1-15(2)25-21(27)23(28,22(25,4)5)19-13-11-18(12-14-19)20(26)24-16(3)17-9-7-6-8-10-17/h6-16,28H,1-5H3,(H,24,26)/t16-,23+/m0/s1. The SMILES string of the molecule is CC(C)N1C(=O)[C@](O)(c2ccc(C(=O)N[C@@H](C)c3ccccc3)cc2)C1(C)C. The Morgan fingerprint density at radius 3 is 2.07 bits per heavy atom. The predicted molar refractivity (Wildman–Crippen MR) is 109 cm³/mol. The van der Waals surface area contributed by atoms with E-state index in [1.54, 1.807) is 29.2 Å². The van der Waals surface area contributed by atoms with Crippen LogP contribution in [0.3, 0.4) is 0 Å². The first-order valence-electron chi connectivity index (χ1n) is 9.63. The van der Waals surface area contributed by atoms with Gasteiger partial charge in [0.15, 0.2) is 5.60 Å². The molecule has 0 saturated carbocycles. The van der Waals surface area contributed by atoms with E-state index in [0.29, 0.717) is 11.1 Å². The van der Waals surface area contributed by atoms with Crippen LogP contribution in [0.1, 0.15) is 62.1 Å². The minimum Gasteiger partial charge on any atom is -0.374 e. The van der Waals surface area contributed by atoms with Crippen LogP contribution in [0.25, 0.3) is 0 Å². The fraction of sp³-hybridized carbons (Fsp3) is 0.391. The zero-order valence-electron chi connectivity index (χ0n) is 17.1. The fourth-order valence-corrected chi connectivity index (χ4v) is 4.14. The molecule has 1 saturated heterocycles. The highest BCUT2D eigenvalue weighted by atomic mass is 16.3. The molecule has 1 heterocycles. The van der Waals surface area contributed by atoms with Crippen molar-refractivity contribution in [2.24, 2.45) is 0 Å². The van der Waals surface area contributed by atoms with E-state index in [0.717, 1.165) is 5.56 Å². The van der Waals surface area contributed by atoms with Crippen LogP contribution in [0.2, 0.25) is 0 Å². The summed E-state index contributed by atoms with van der Waals surface area (Å²) in [5, 5.41) is 14.1. The number of nitrogens with one attached hydrogen (secondary N) is 1. The van der Waals surface area contributed by atoms with Crippen molar-refractivity contribution in [3.8, 4) is 0 Å². The maximum Gasteiger partial charge on any atom is 0.262 e. The number of benzene rings is 2. The zero-order chi connectivity index (χ0) is 20.7. The van der Waals surface area contributed by atoms with Gasteiger partial charge in [-0.25, -0.2) is 0 Å². The average molecular weight is 380 g/mol. The van der Waals surface area contributed by atoms with Gasteiger partial charge in [-0.2, -0.15) is 0 Å². The van der Waals surface area contributed by atoms with Crippen LogP contribution >= 0.6 is 0 Å². The second-order valence-electron chi connectivity index (χ2n) is 8.22. The van der Waals surface area contributed by atoms with Crippen LogP contribution in [-0.4, -0.2) is 33.4 Å². The van der Waals surface area contributed by atoms with E-state index in [1.165, 1.54) is 0 Å². The molecule has 0 aliphatic carbocycles. The Morgan fingerprint density at radius 1 is 1.00 bits per heavy atom. The third-order valence-electron chi connectivity index (χ3n) is 5.74. The van der Waals surface area contributed by atoms with E-state index >= 15 is 0 Å². The van der Waals surface area contributed by atoms with Crippen LogP contribution in [0.15, 0.2) is 54.6 Å². The van der Waals surface area contributed by atoms with Crippen molar-refractivity contribution in [3.05, 3.63) is 71.3 Å². The number of likely N-dealkylation sites (tertiary alicyclic amines) is 1. The topological polar surface area (TPSA) is 69.6 Å². The number of nitrogens with zero attached hydrogens (tertiary/aromatic N) is 1. The number of carbonyl (C=O) groups is 2. The second kappa shape index (κ2) is 7.06. The number of hydrogen-bond acceptors (Lipinski definition) is 3. The molecular formula is C23H28N2O3. The first kappa shape index (κ1) is 20.1. The number of rotatable bonds is 5. The quantitative estimate of drug-likeness (QED) is 0.781. The van der Waals surface area contributed by atoms with Crippen molar-refractivity contribution in [1.29, 1.82) is 0 Å². The number of β-lactam (4-membered cyclic amide) rings is 1. The molecule has 0 bridgehead atoms. The molecule has 28 heavy (non-hydrogen) atoms. The van der Waals surface area contributed by atoms with Crippen LogP contribution < -0.4 is 5.32 Å². The summed E-state index contributed by atoms with van der Waals surface area (Å²) in [7, 11) is 0. The number of aliphatic hydroxyl groups is 1. The largest absolute Gasteiger partial charge is 0.374 e. The average Bonchev–Trinajstić information content (AvgIpc) is 2.67. The van der Waals surface area contributed by atoms with Gasteiger partial charge >= 0.3 is 0 Å². The maximum absolute atomic E-state index is 12.7. The Hall–Kier alpha value is -2.66. The molecule has 5 heteroatoms. The molecule has 0 aromatic heterocycles. The molecule has 0 radical (unpaired) electrons. The Labute approximate surface area is 166 Å². The van der Waals surface area contributed by atoms with Crippen molar-refractivity contribution >= 4 is 11.8 Å². The molecule has 148 valence electrons. The summed E-state index contributed by atoms with van der Waals surface area (Å²) in [4.78, 5) is 26.9. The van der Waals surface area contributed by atoms with Crippen molar-refractivity contribution in [3.63, 3.8) is 0 Å². The smallest absolute Gasteiger partial charge is 0.262 e. The second-order valence-corrected chi connectivity index (χ2v) is 8.22. The highest BCUT2D eigenvalue weighted by molar-refractivity contribution is 5.97. The monoisotopic (exact) mass is 380 g/mol. The molecule has 3 rings (SSSR count). The van der Waals surface area contributed by atoms with E-state index in [1.807, 2.05) is 65.0 Å². The van der Waals surface area contributed by atoms with Crippen LogP contribution in [0, 0.1) is 0 Å². The summed E-state index contributed by atoms with van der Waals surface area (Å²) in [6.07, 6.45) is 0. The summed E-state index contributed by atoms with van der Waals surface area (Å²) >= 11 is 0. The van der Waals surface area contributed by atoms with Gasteiger partial charge in [0.1, 0.15) is 0 Å². The fourth-order valence-electron chi connectivity index (χ4n) is 4.14. The van der Waals surface area contributed by atoms with Crippen LogP contribution in [0.5, 0.6) is 0 Å². The lowest BCUT2D eigenvalue weighted by atomic mass is 9.66. The first-order valence-corrected chi connectivity index (χ1v) is 9.63. The number of amides is 2. The van der Waals surface area contributed by atoms with Gasteiger partial charge in [-0.05, 0) is 57.9 Å². The van der Waals surface area contributed by atoms with E-state index in [4.69, 9.17) is 0 Å². The lowest BCUT2D eigenvalue weighted by Gasteiger charge is -2.61. The summed E-state index contributed by atoms with van der Waals surface area (Å²) < 4.78 is 0. The summed E-state index contributed by atoms with van der Waals surface area (Å²) in [5.41, 5.74) is -0.280. The molecule has 2 aromatic carbocycles. The van der Waals surface area contributed by atoms with Crippen LogP contribution in [-0.2, 0) is 10.4 Å². The molecule has 2 amide bonds. The molecular weight excluding hydrogens is 352 g/mol. The molecule has 5 nitrogen and oxygen atoms in total. The molecule has 2 atom stereocenters. The molecule has 1 fully saturated rings. The molecule has 2 aromatic rings. The molecule has 1 aliphatic rings. The van der Waals surface area contributed by atoms with Gasteiger partial charge in [0.2, 0.25) is 0 Å². The third-order valence-corrected chi connectivity index (χ3v) is 5.74. The number of hydrogen-bond donors (Lipinski definition) is 2. The van der Waals surface area contributed by atoms with E-state index in [-0.39, 0.29) is 23.9 Å². The van der Waals surface area contributed by atoms with Crippen LogP contribution in [0.4, 0.5) is 0 Å². The molecule has 0 spiro atoms. The predicted octanol–water partition coefficient (Wildman–Crippen LogP) is 3.39. The van der Waals surface area contributed by atoms with Gasteiger partial charge in [0, 0.05) is 11.6 Å². The summed E-state index contributed by atoms with van der Waals surface area (Å²) in [6, 6.07) is 16.3. The van der Waals surface area contributed by atoms with E-state index in [2.05, 4.69) is 5.32 Å². The number of carbonyl (C=O) groups excluding carboxylic acids is 2. The van der Waals surface area contributed by atoms with Gasteiger partial charge < -0.3 is 15.3 Å². The summed E-state index contributed by atoms with van der Waals surface area (Å²) in [5.74, 6) is -0.500. The van der Waals surface area contributed by atoms with Gasteiger partial charge in [-0.1, -0.05) is 42.5 Å². The Morgan fingerprint density at radius 2 is 1.57 bits per heavy atom. The summed E-state index contributed by atoms with van der Waals surface area (Å²) in [6.45, 7) is 9.51. The Bertz CT molecular complexity index is 874. The molecule has 0 unspecified atom stereocenters. The lowest BCUT2D eigenvalue weighted by Crippen LogP contribution is -2.79. The highest BCUT2D eigenvalue weighted by Crippen LogP contribution is 2.49. The highest BCUT2D eigenvalue weighted by Gasteiger charge is 2.67. The van der Waals surface area contributed by atoms with E-state index < -0.39 is 11.1 Å². The minimum absolute atomic E-state index is 0.00676. The lowest BCUT2D eigenvalue weighted by molar-refractivity contribution is -0.221. The van der Waals surface area contributed by atoms with Crippen molar-refractivity contribution in [1.82, 2.24) is 10.2 Å². The van der Waals surface area contributed by atoms with Crippen molar-refractivity contribution in [2.45, 2.75) is 57.8 Å². The molecule has 1 aliphatic heterocycles. The van der Waals surface area contributed by atoms with Gasteiger partial charge in [-0.15, -0.1) is 0 Å². The van der Waals surface area contributed by atoms with Crippen molar-refractivity contribution < 1.29 is 14.7 Å². The molecule has 2 N–H and O–H groups in total. The Balaban J connectivity index is 1.77. The third kappa shape index (κ3) is 3.00. The zero-order valence-corrected chi connectivity index (χ0v) is 17.1. The van der Waals surface area contributed by atoms with Gasteiger partial charge in [0.05, 0.1) is 11.6 Å². The van der Waals surface area contributed by atoms with Gasteiger partial charge in [-0.3, -0.25) is 9.59 Å². The normalized spacial score (nSPS) is 22.0. The first-order chi connectivity index (χ1) is 13.1. The minimum atomic E-state index is -1.58. The Kier molecular flexibility index (Phi) is 5.06. The van der Waals surface area contributed by atoms with Crippen molar-refractivity contribution in [2.75, 3.05) is 0 Å². The van der Waals surface area contributed by atoms with E-state index in [9.17, 15) is 14.7 Å². The maximum atomic E-state index is 12.7.